The summed E-state index contributed by atoms with van der Waals surface area (Å²) in [7, 11) is 0. The second-order valence-electron chi connectivity index (χ2n) is 9.38. The highest BCUT2D eigenvalue weighted by Crippen LogP contribution is 2.27. The van der Waals surface area contributed by atoms with Crippen LogP contribution in [-0.2, 0) is 20.7 Å². The van der Waals surface area contributed by atoms with Crippen molar-refractivity contribution >= 4 is 35.4 Å². The molecule has 1 amide bonds. The van der Waals surface area contributed by atoms with Gasteiger partial charge in [-0.2, -0.15) is 31.3 Å². The molecule has 2 fully saturated rings. The molecule has 5 N–H and O–H groups in total. The molecular formula is C23H28ClF6N7O4. The smallest absolute Gasteiger partial charge is 0.475 e. The van der Waals surface area contributed by atoms with Crippen LogP contribution in [0.1, 0.15) is 18.4 Å². The van der Waals surface area contributed by atoms with Crippen LogP contribution in [0.4, 0.5) is 38.2 Å². The third-order valence-corrected chi connectivity index (χ3v) is 6.68. The number of alkyl halides is 6. The molecule has 0 spiro atoms. The molecular weight excluding hydrogens is 588 g/mol. The summed E-state index contributed by atoms with van der Waals surface area (Å²) < 4.78 is 75.2. The largest absolute Gasteiger partial charge is 0.490 e. The van der Waals surface area contributed by atoms with Crippen LogP contribution in [0.25, 0.3) is 0 Å². The summed E-state index contributed by atoms with van der Waals surface area (Å²) in [6.45, 7) is 0.471. The number of carbonyl (C=O) groups is 2. The number of halogens is 7. The van der Waals surface area contributed by atoms with Crippen LogP contribution in [-0.4, -0.2) is 100 Å². The number of carboxylic acids is 1. The summed E-state index contributed by atoms with van der Waals surface area (Å²) in [6.07, 6.45) is -8.29. The van der Waals surface area contributed by atoms with Gasteiger partial charge in [-0.05, 0) is 37.0 Å². The van der Waals surface area contributed by atoms with E-state index in [-0.39, 0.29) is 31.2 Å². The summed E-state index contributed by atoms with van der Waals surface area (Å²) >= 11 is 6.00. The number of carbonyl (C=O) groups excluding carboxylic acids is 1. The lowest BCUT2D eigenvalue weighted by Crippen LogP contribution is -2.60. The molecule has 0 bridgehead atoms. The predicted octanol–water partition coefficient (Wildman–Crippen LogP) is 2.63. The van der Waals surface area contributed by atoms with Crippen LogP contribution in [0.15, 0.2) is 24.3 Å². The number of morpholine rings is 1. The van der Waals surface area contributed by atoms with Gasteiger partial charge >= 0.3 is 18.3 Å². The van der Waals surface area contributed by atoms with Gasteiger partial charge in [0, 0.05) is 36.7 Å². The Labute approximate surface area is 235 Å². The number of ether oxygens (including phenoxy) is 1. The Morgan fingerprint density at radius 1 is 1.15 bits per heavy atom. The average molecular weight is 616 g/mol. The normalized spacial score (nSPS) is 20.7. The van der Waals surface area contributed by atoms with E-state index in [9.17, 15) is 31.1 Å². The number of H-pyrrole nitrogens is 1. The predicted molar refractivity (Wildman–Crippen MR) is 134 cm³/mol. The first-order valence-electron chi connectivity index (χ1n) is 12.3. The highest BCUT2D eigenvalue weighted by Gasteiger charge is 2.39. The molecule has 0 aliphatic carbocycles. The molecule has 2 aliphatic heterocycles. The molecule has 18 heteroatoms. The standard InChI is InChI=1S/C21H27ClF3N7O2.C2HF3O2/c22-14-3-1-13(2-4-14)9-16-11-34-17(18(33)27-12-21(23,24)25)10-32(16)15-5-7-31(8-6-15)20-28-19(26)29-30-20;3-2(4,5)1(6)7/h1-4,15-17H,5-12H2,(H,27,33)(H3,26,28,29,30);(H,6,7)/t16-,17+;/m0./s1. The highest BCUT2D eigenvalue weighted by atomic mass is 35.5. The number of nitrogens with two attached hydrogens (primary N) is 1. The van der Waals surface area contributed by atoms with Crippen molar-refractivity contribution in [1.82, 2.24) is 25.4 Å². The van der Waals surface area contributed by atoms with E-state index in [1.165, 1.54) is 0 Å². The molecule has 2 aliphatic rings. The van der Waals surface area contributed by atoms with Gasteiger partial charge in [0.1, 0.15) is 12.6 Å². The van der Waals surface area contributed by atoms with Gasteiger partial charge in [0.25, 0.3) is 5.91 Å². The highest BCUT2D eigenvalue weighted by molar-refractivity contribution is 6.30. The minimum Gasteiger partial charge on any atom is -0.475 e. The maximum absolute atomic E-state index is 12.6. The van der Waals surface area contributed by atoms with Gasteiger partial charge in [0.15, 0.2) is 0 Å². The van der Waals surface area contributed by atoms with Gasteiger partial charge in [-0.3, -0.25) is 9.69 Å². The molecule has 4 rings (SSSR count). The Hall–Kier alpha value is -3.31. The molecule has 2 aromatic rings. The fraction of sp³-hybridized carbons (Fsp3) is 0.565. The molecule has 3 heterocycles. The number of carboxylic acid groups (broad SMARTS) is 1. The number of nitrogen functional groups attached to an aromatic ring is 1. The number of hydrogen-bond donors (Lipinski definition) is 4. The maximum Gasteiger partial charge on any atom is 0.490 e. The summed E-state index contributed by atoms with van der Waals surface area (Å²) in [5.74, 6) is -2.71. The van der Waals surface area contributed by atoms with E-state index >= 15 is 0 Å². The van der Waals surface area contributed by atoms with Crippen molar-refractivity contribution in [2.45, 2.75) is 49.8 Å². The Bertz CT molecular complexity index is 1160. The van der Waals surface area contributed by atoms with E-state index < -0.39 is 36.9 Å². The van der Waals surface area contributed by atoms with Crippen molar-refractivity contribution in [1.29, 1.82) is 0 Å². The molecule has 1 aromatic heterocycles. The van der Waals surface area contributed by atoms with Crippen LogP contribution >= 0.6 is 11.6 Å². The molecule has 1 aromatic carbocycles. The van der Waals surface area contributed by atoms with Gasteiger partial charge in [-0.25, -0.2) is 9.89 Å². The van der Waals surface area contributed by atoms with Crippen molar-refractivity contribution in [3.05, 3.63) is 34.9 Å². The monoisotopic (exact) mass is 615 g/mol. The van der Waals surface area contributed by atoms with E-state index in [1.807, 2.05) is 34.5 Å². The maximum atomic E-state index is 12.6. The second kappa shape index (κ2) is 13.6. The topological polar surface area (TPSA) is 150 Å². The lowest BCUT2D eigenvalue weighted by molar-refractivity contribution is -0.192. The Morgan fingerprint density at radius 2 is 1.76 bits per heavy atom. The first kappa shape index (κ1) is 32.2. The molecule has 0 saturated carbocycles. The van der Waals surface area contributed by atoms with Crippen molar-refractivity contribution < 1.29 is 45.8 Å². The van der Waals surface area contributed by atoms with Gasteiger partial charge in [-0.15, -0.1) is 5.10 Å². The van der Waals surface area contributed by atoms with E-state index in [4.69, 9.17) is 32.0 Å². The van der Waals surface area contributed by atoms with Gasteiger partial charge in [0.2, 0.25) is 11.9 Å². The number of aromatic amines is 1. The summed E-state index contributed by atoms with van der Waals surface area (Å²) in [6, 6.07) is 7.63. The minimum absolute atomic E-state index is 0.0245. The van der Waals surface area contributed by atoms with Gasteiger partial charge in [-0.1, -0.05) is 23.7 Å². The number of rotatable bonds is 6. The van der Waals surface area contributed by atoms with Crippen LogP contribution < -0.4 is 16.0 Å². The van der Waals surface area contributed by atoms with Crippen molar-refractivity contribution in [3.8, 4) is 0 Å². The quantitative estimate of drug-likeness (QED) is 0.360. The second-order valence-corrected chi connectivity index (χ2v) is 9.81. The number of nitrogens with zero attached hydrogens (tertiary/aromatic N) is 4. The zero-order valence-electron chi connectivity index (χ0n) is 21.4. The first-order valence-corrected chi connectivity index (χ1v) is 12.7. The molecule has 2 saturated heterocycles. The number of aliphatic carboxylic acids is 1. The molecule has 41 heavy (non-hydrogen) atoms. The van der Waals surface area contributed by atoms with Crippen LogP contribution in [0.5, 0.6) is 0 Å². The summed E-state index contributed by atoms with van der Waals surface area (Å²) in [5, 5.41) is 16.5. The number of nitrogens with one attached hydrogen (secondary N) is 2. The molecule has 228 valence electrons. The number of benzene rings is 1. The molecule has 2 atom stereocenters. The zero-order valence-corrected chi connectivity index (χ0v) is 22.1. The SMILES string of the molecule is Nc1nc(N2CCC(N3C[C@H](C(=O)NCC(F)(F)F)OC[C@@H]3Cc3ccc(Cl)cc3)CC2)n[nH]1.O=C(O)C(F)(F)F. The fourth-order valence-corrected chi connectivity index (χ4v) is 4.62. The fourth-order valence-electron chi connectivity index (χ4n) is 4.50. The third kappa shape index (κ3) is 9.93. The van der Waals surface area contributed by atoms with E-state index in [0.29, 0.717) is 30.5 Å². The van der Waals surface area contributed by atoms with Crippen molar-refractivity contribution in [3.63, 3.8) is 0 Å². The lowest BCUT2D eigenvalue weighted by atomic mass is 9.96. The Morgan fingerprint density at radius 3 is 2.27 bits per heavy atom. The van der Waals surface area contributed by atoms with Crippen LogP contribution in [0, 0.1) is 0 Å². The molecule has 0 unspecified atom stereocenters. The van der Waals surface area contributed by atoms with E-state index in [0.717, 1.165) is 18.4 Å². The number of aromatic nitrogens is 3. The number of anilines is 2. The molecule has 11 nitrogen and oxygen atoms in total. The van der Waals surface area contributed by atoms with Crippen molar-refractivity contribution in [2.75, 3.05) is 43.4 Å². The number of hydrogen-bond acceptors (Lipinski definition) is 8. The van der Waals surface area contributed by atoms with Crippen molar-refractivity contribution in [2.24, 2.45) is 0 Å². The third-order valence-electron chi connectivity index (χ3n) is 6.43. The summed E-state index contributed by atoms with van der Waals surface area (Å²) in [5.41, 5.74) is 6.70. The molecule has 0 radical (unpaired) electrons. The Kier molecular flexibility index (Phi) is 10.7. The lowest BCUT2D eigenvalue weighted by Gasteiger charge is -2.46. The van der Waals surface area contributed by atoms with Crippen LogP contribution in [0.3, 0.4) is 0 Å². The Balaban J connectivity index is 0.000000587. The minimum atomic E-state index is -5.08. The van der Waals surface area contributed by atoms with Gasteiger partial charge in [0.05, 0.1) is 6.61 Å². The van der Waals surface area contributed by atoms with Crippen LogP contribution in [0.2, 0.25) is 5.02 Å². The average Bonchev–Trinajstić information content (AvgIpc) is 3.34. The zero-order chi connectivity index (χ0) is 30.4. The van der Waals surface area contributed by atoms with Gasteiger partial charge < -0.3 is 25.8 Å². The summed E-state index contributed by atoms with van der Waals surface area (Å²) in [4.78, 5) is 29.7. The number of amides is 1. The van der Waals surface area contributed by atoms with E-state index in [1.54, 1.807) is 0 Å². The first-order chi connectivity index (χ1) is 19.1. The van der Waals surface area contributed by atoms with E-state index in [2.05, 4.69) is 20.1 Å². The number of piperidine rings is 1.